The lowest BCUT2D eigenvalue weighted by molar-refractivity contribution is 0.420. The van der Waals surface area contributed by atoms with E-state index in [2.05, 4.69) is 10.1 Å². The van der Waals surface area contributed by atoms with Gasteiger partial charge in [0, 0.05) is 12.0 Å². The third-order valence-electron chi connectivity index (χ3n) is 2.57. The second-order valence-electron chi connectivity index (χ2n) is 3.90. The molecule has 1 aromatic carbocycles. The average Bonchev–Trinajstić information content (AvgIpc) is 2.98. The molecule has 0 spiro atoms. The second-order valence-corrected chi connectivity index (χ2v) is 3.90. The predicted molar refractivity (Wildman–Crippen MR) is 53.3 cm³/mol. The molecular formula is C11H9FN2O2. The van der Waals surface area contributed by atoms with Gasteiger partial charge in [-0.3, -0.25) is 0 Å². The monoisotopic (exact) mass is 220 g/mol. The summed E-state index contributed by atoms with van der Waals surface area (Å²) in [4.78, 5) is 4.13. The van der Waals surface area contributed by atoms with Crippen LogP contribution >= 0.6 is 0 Å². The highest BCUT2D eigenvalue weighted by Gasteiger charge is 2.29. The zero-order valence-electron chi connectivity index (χ0n) is 8.35. The molecule has 0 bridgehead atoms. The van der Waals surface area contributed by atoms with Gasteiger partial charge in [0.25, 0.3) is 5.89 Å². The lowest BCUT2D eigenvalue weighted by Crippen LogP contribution is -1.85. The van der Waals surface area contributed by atoms with Crippen LogP contribution < -0.4 is 0 Å². The van der Waals surface area contributed by atoms with Crippen molar-refractivity contribution in [2.45, 2.75) is 18.8 Å². The molecule has 0 aliphatic heterocycles. The number of hydrogen-bond acceptors (Lipinski definition) is 4. The maximum atomic E-state index is 13.5. The third kappa shape index (κ3) is 1.54. The number of nitrogens with zero attached hydrogens (tertiary/aromatic N) is 2. The first kappa shape index (κ1) is 9.33. The first-order valence-electron chi connectivity index (χ1n) is 5.06. The highest BCUT2D eigenvalue weighted by atomic mass is 19.1. The van der Waals surface area contributed by atoms with Crippen LogP contribution in [0.3, 0.4) is 0 Å². The quantitative estimate of drug-likeness (QED) is 0.844. The van der Waals surface area contributed by atoms with Crippen molar-refractivity contribution >= 4 is 0 Å². The van der Waals surface area contributed by atoms with Gasteiger partial charge in [-0.1, -0.05) is 5.16 Å². The molecule has 3 rings (SSSR count). The fourth-order valence-electron chi connectivity index (χ4n) is 1.53. The van der Waals surface area contributed by atoms with Gasteiger partial charge in [-0.05, 0) is 25.0 Å². The second kappa shape index (κ2) is 3.30. The smallest absolute Gasteiger partial charge is 0.260 e. The SMILES string of the molecule is Oc1ccc(-c2nc(C3CC3)no2)c(F)c1. The van der Waals surface area contributed by atoms with Gasteiger partial charge in [-0.2, -0.15) is 4.98 Å². The highest BCUT2D eigenvalue weighted by molar-refractivity contribution is 5.55. The van der Waals surface area contributed by atoms with Crippen LogP contribution in [-0.2, 0) is 0 Å². The van der Waals surface area contributed by atoms with Crippen LogP contribution in [0.5, 0.6) is 5.75 Å². The van der Waals surface area contributed by atoms with Gasteiger partial charge in [-0.25, -0.2) is 4.39 Å². The van der Waals surface area contributed by atoms with Gasteiger partial charge in [0.05, 0.1) is 5.56 Å². The number of hydrogen-bond donors (Lipinski definition) is 1. The van der Waals surface area contributed by atoms with Crippen molar-refractivity contribution in [1.29, 1.82) is 0 Å². The van der Waals surface area contributed by atoms with Crippen molar-refractivity contribution in [3.8, 4) is 17.2 Å². The Morgan fingerprint density at radius 3 is 2.88 bits per heavy atom. The number of benzene rings is 1. The van der Waals surface area contributed by atoms with Crippen LogP contribution in [-0.4, -0.2) is 15.2 Å². The van der Waals surface area contributed by atoms with Crippen molar-refractivity contribution < 1.29 is 14.0 Å². The van der Waals surface area contributed by atoms with E-state index in [4.69, 9.17) is 9.63 Å². The molecule has 0 amide bonds. The molecule has 0 atom stereocenters. The Labute approximate surface area is 90.7 Å². The number of halogens is 1. The average molecular weight is 220 g/mol. The van der Waals surface area contributed by atoms with Gasteiger partial charge in [-0.15, -0.1) is 0 Å². The van der Waals surface area contributed by atoms with Gasteiger partial charge < -0.3 is 9.63 Å². The van der Waals surface area contributed by atoms with Crippen LogP contribution in [0.4, 0.5) is 4.39 Å². The van der Waals surface area contributed by atoms with Gasteiger partial charge in [0.2, 0.25) is 0 Å². The topological polar surface area (TPSA) is 59.2 Å². The fraction of sp³-hybridized carbons (Fsp3) is 0.273. The highest BCUT2D eigenvalue weighted by Crippen LogP contribution is 2.39. The van der Waals surface area contributed by atoms with E-state index in [1.807, 2.05) is 0 Å². The summed E-state index contributed by atoms with van der Waals surface area (Å²) < 4.78 is 18.5. The molecule has 0 radical (unpaired) electrons. The molecular weight excluding hydrogens is 211 g/mol. The molecule has 4 nitrogen and oxygen atoms in total. The summed E-state index contributed by atoms with van der Waals surface area (Å²) in [7, 11) is 0. The molecule has 0 unspecified atom stereocenters. The summed E-state index contributed by atoms with van der Waals surface area (Å²) in [5.41, 5.74) is 0.220. The summed E-state index contributed by atoms with van der Waals surface area (Å²) in [5, 5.41) is 12.9. The van der Waals surface area contributed by atoms with E-state index in [1.54, 1.807) is 0 Å². The zero-order valence-corrected chi connectivity index (χ0v) is 8.35. The number of rotatable bonds is 2. The molecule has 1 fully saturated rings. The van der Waals surface area contributed by atoms with E-state index in [1.165, 1.54) is 12.1 Å². The third-order valence-corrected chi connectivity index (χ3v) is 2.57. The van der Waals surface area contributed by atoms with Crippen LogP contribution in [0.15, 0.2) is 22.7 Å². The summed E-state index contributed by atoms with van der Waals surface area (Å²) in [5.74, 6) is 0.494. The zero-order chi connectivity index (χ0) is 11.1. The lowest BCUT2D eigenvalue weighted by atomic mass is 10.2. The van der Waals surface area contributed by atoms with E-state index < -0.39 is 5.82 Å². The molecule has 2 aromatic rings. The number of phenols is 1. The molecule has 16 heavy (non-hydrogen) atoms. The summed E-state index contributed by atoms with van der Waals surface area (Å²) in [6.45, 7) is 0. The van der Waals surface area contributed by atoms with E-state index in [0.717, 1.165) is 18.9 Å². The fourth-order valence-corrected chi connectivity index (χ4v) is 1.53. The standard InChI is InChI=1S/C11H9FN2O2/c12-9-5-7(15)3-4-8(9)11-13-10(14-16-11)6-1-2-6/h3-6,15H,1-2H2. The summed E-state index contributed by atoms with van der Waals surface area (Å²) in [6, 6.07) is 3.84. The molecule has 1 N–H and O–H groups in total. The van der Waals surface area contributed by atoms with Crippen molar-refractivity contribution in [3.63, 3.8) is 0 Å². The molecule has 1 aromatic heterocycles. The Kier molecular flexibility index (Phi) is 1.92. The molecule has 82 valence electrons. The minimum atomic E-state index is -0.564. The number of aromatic hydroxyl groups is 1. The minimum Gasteiger partial charge on any atom is -0.508 e. The van der Waals surface area contributed by atoms with Crippen LogP contribution in [0.2, 0.25) is 0 Å². The Morgan fingerprint density at radius 2 is 2.19 bits per heavy atom. The molecule has 1 saturated carbocycles. The lowest BCUT2D eigenvalue weighted by Gasteiger charge is -1.97. The minimum absolute atomic E-state index is 0.122. The predicted octanol–water partition coefficient (Wildman–Crippen LogP) is 2.46. The molecule has 0 saturated heterocycles. The van der Waals surface area contributed by atoms with E-state index in [9.17, 15) is 4.39 Å². The van der Waals surface area contributed by atoms with Gasteiger partial charge in [0.15, 0.2) is 5.82 Å². The van der Waals surface area contributed by atoms with Crippen LogP contribution in [0, 0.1) is 5.82 Å². The largest absolute Gasteiger partial charge is 0.508 e. The van der Waals surface area contributed by atoms with Gasteiger partial charge in [0.1, 0.15) is 11.6 Å². The molecule has 1 aliphatic carbocycles. The number of phenolic OH excluding ortho intramolecular Hbond substituents is 1. The molecule has 5 heteroatoms. The maximum absolute atomic E-state index is 13.5. The Bertz CT molecular complexity index is 535. The normalized spacial score (nSPS) is 15.3. The van der Waals surface area contributed by atoms with Gasteiger partial charge >= 0.3 is 0 Å². The summed E-state index contributed by atoms with van der Waals surface area (Å²) >= 11 is 0. The van der Waals surface area contributed by atoms with Crippen LogP contribution in [0.1, 0.15) is 24.6 Å². The van der Waals surface area contributed by atoms with Crippen molar-refractivity contribution in [2.24, 2.45) is 0 Å². The Hall–Kier alpha value is -1.91. The van der Waals surface area contributed by atoms with Crippen molar-refractivity contribution in [1.82, 2.24) is 10.1 Å². The van der Waals surface area contributed by atoms with E-state index in [-0.39, 0.29) is 17.2 Å². The Balaban J connectivity index is 2.00. The van der Waals surface area contributed by atoms with Crippen LogP contribution in [0.25, 0.3) is 11.5 Å². The number of aromatic nitrogens is 2. The molecule has 1 aliphatic rings. The van der Waals surface area contributed by atoms with E-state index >= 15 is 0 Å². The molecule has 1 heterocycles. The van der Waals surface area contributed by atoms with Crippen molar-refractivity contribution in [2.75, 3.05) is 0 Å². The first-order chi connectivity index (χ1) is 7.74. The van der Waals surface area contributed by atoms with Crippen molar-refractivity contribution in [3.05, 3.63) is 29.8 Å². The first-order valence-corrected chi connectivity index (χ1v) is 5.06. The summed E-state index contributed by atoms with van der Waals surface area (Å²) in [6.07, 6.45) is 2.13. The Morgan fingerprint density at radius 1 is 1.38 bits per heavy atom. The van der Waals surface area contributed by atoms with E-state index in [0.29, 0.717) is 11.7 Å². The maximum Gasteiger partial charge on any atom is 0.260 e.